The first-order chi connectivity index (χ1) is 8.17. The molecule has 0 N–H and O–H groups in total. The van der Waals surface area contributed by atoms with Crippen LogP contribution in [0.15, 0.2) is 0 Å². The highest BCUT2D eigenvalue weighted by Crippen LogP contribution is 2.44. The molecule has 2 rings (SSSR count). The van der Waals surface area contributed by atoms with Gasteiger partial charge in [0.15, 0.2) is 0 Å². The summed E-state index contributed by atoms with van der Waals surface area (Å²) in [5.74, 6) is 0.684. The molecule has 1 unspecified atom stereocenters. The van der Waals surface area contributed by atoms with E-state index in [1.54, 1.807) is 0 Å². The fourth-order valence-corrected chi connectivity index (χ4v) is 3.51. The van der Waals surface area contributed by atoms with Gasteiger partial charge in [0.1, 0.15) is 0 Å². The molecular weight excluding hydrogens is 234 g/mol. The summed E-state index contributed by atoms with van der Waals surface area (Å²) in [5, 5.41) is 0. The lowest BCUT2D eigenvalue weighted by Crippen LogP contribution is -2.45. The van der Waals surface area contributed by atoms with E-state index >= 15 is 0 Å². The quantitative estimate of drug-likeness (QED) is 0.694. The first-order valence-corrected chi connectivity index (χ1v) is 7.55. The minimum Gasteiger partial charge on any atom is -0.342 e. The van der Waals surface area contributed by atoms with Gasteiger partial charge in [0.2, 0.25) is 5.91 Å². The van der Waals surface area contributed by atoms with Gasteiger partial charge in [-0.2, -0.15) is 0 Å². The Kier molecular flexibility index (Phi) is 4.35. The number of piperidine rings is 1. The maximum atomic E-state index is 12.0. The fourth-order valence-electron chi connectivity index (χ4n) is 3.38. The first-order valence-electron chi connectivity index (χ1n) is 7.02. The smallest absolute Gasteiger partial charge is 0.226 e. The predicted molar refractivity (Wildman–Crippen MR) is 71.2 cm³/mol. The number of amides is 1. The number of carbonyl (C=O) groups is 1. The van der Waals surface area contributed by atoms with Crippen LogP contribution in [0.5, 0.6) is 0 Å². The lowest BCUT2D eigenvalue weighted by atomic mass is 9.68. The molecule has 1 saturated carbocycles. The van der Waals surface area contributed by atoms with E-state index in [0.717, 1.165) is 13.1 Å². The topological polar surface area (TPSA) is 20.3 Å². The van der Waals surface area contributed by atoms with E-state index in [9.17, 15) is 4.79 Å². The third kappa shape index (κ3) is 2.96. The van der Waals surface area contributed by atoms with E-state index in [1.165, 1.54) is 44.9 Å². The van der Waals surface area contributed by atoms with Gasteiger partial charge in [-0.1, -0.05) is 26.2 Å². The van der Waals surface area contributed by atoms with E-state index in [-0.39, 0.29) is 11.8 Å². The maximum Gasteiger partial charge on any atom is 0.226 e. The Bertz CT molecular complexity index is 263. The average molecular weight is 258 g/mol. The van der Waals surface area contributed by atoms with E-state index in [0.29, 0.717) is 11.3 Å². The summed E-state index contributed by atoms with van der Waals surface area (Å²) in [4.78, 5) is 14.1. The van der Waals surface area contributed by atoms with Gasteiger partial charge in [-0.3, -0.25) is 4.79 Å². The number of halogens is 1. The Balaban J connectivity index is 1.87. The van der Waals surface area contributed by atoms with Crippen LogP contribution >= 0.6 is 11.6 Å². The van der Waals surface area contributed by atoms with Gasteiger partial charge in [-0.15, -0.1) is 11.6 Å². The van der Waals surface area contributed by atoms with Gasteiger partial charge >= 0.3 is 0 Å². The summed E-state index contributed by atoms with van der Waals surface area (Å²) < 4.78 is 0. The highest BCUT2D eigenvalue weighted by molar-refractivity contribution is 6.19. The van der Waals surface area contributed by atoms with E-state index in [4.69, 9.17) is 11.6 Å². The van der Waals surface area contributed by atoms with Crippen LogP contribution in [0.4, 0.5) is 0 Å². The number of carbonyl (C=O) groups excluding carboxylic acids is 1. The zero-order chi connectivity index (χ0) is 12.3. The molecule has 0 radical (unpaired) electrons. The molecule has 0 aromatic carbocycles. The van der Waals surface area contributed by atoms with E-state index in [2.05, 4.69) is 0 Å². The molecule has 3 heteroatoms. The Labute approximate surface area is 110 Å². The molecule has 0 aromatic rings. The third-order valence-corrected chi connectivity index (χ3v) is 5.17. The van der Waals surface area contributed by atoms with Crippen molar-refractivity contribution in [1.82, 2.24) is 4.90 Å². The monoisotopic (exact) mass is 257 g/mol. The molecule has 1 aliphatic heterocycles. The molecule has 2 aliphatic rings. The van der Waals surface area contributed by atoms with Crippen LogP contribution < -0.4 is 0 Å². The zero-order valence-corrected chi connectivity index (χ0v) is 11.6. The lowest BCUT2D eigenvalue weighted by Gasteiger charge is -2.44. The Morgan fingerprint density at radius 1 is 1.18 bits per heavy atom. The summed E-state index contributed by atoms with van der Waals surface area (Å²) in [6, 6.07) is 0. The largest absolute Gasteiger partial charge is 0.342 e. The van der Waals surface area contributed by atoms with Crippen molar-refractivity contribution in [2.24, 2.45) is 11.3 Å². The van der Waals surface area contributed by atoms with Crippen LogP contribution in [-0.2, 0) is 4.79 Å². The highest BCUT2D eigenvalue weighted by Gasteiger charge is 2.37. The van der Waals surface area contributed by atoms with Gasteiger partial charge in [0.25, 0.3) is 0 Å². The lowest BCUT2D eigenvalue weighted by molar-refractivity contribution is -0.137. The number of alkyl halides is 1. The normalized spacial score (nSPS) is 25.9. The third-order valence-electron chi connectivity index (χ3n) is 4.70. The van der Waals surface area contributed by atoms with Crippen molar-refractivity contribution >= 4 is 17.5 Å². The second kappa shape index (κ2) is 5.60. The van der Waals surface area contributed by atoms with E-state index in [1.807, 2.05) is 11.8 Å². The molecule has 1 heterocycles. The first kappa shape index (κ1) is 13.2. The highest BCUT2D eigenvalue weighted by atomic mass is 35.5. The summed E-state index contributed by atoms with van der Waals surface area (Å²) in [6.45, 7) is 3.85. The van der Waals surface area contributed by atoms with Crippen molar-refractivity contribution in [3.05, 3.63) is 0 Å². The standard InChI is InChI=1S/C14H24ClNO/c1-12(11-15)13(17)16-9-7-14(8-10-16)5-3-2-4-6-14/h12H,2-11H2,1H3. The molecule has 1 atom stereocenters. The molecule has 1 saturated heterocycles. The molecule has 0 aromatic heterocycles. The summed E-state index contributed by atoms with van der Waals surface area (Å²) >= 11 is 5.76. The zero-order valence-electron chi connectivity index (χ0n) is 10.9. The van der Waals surface area contributed by atoms with Crippen molar-refractivity contribution in [2.75, 3.05) is 19.0 Å². The summed E-state index contributed by atoms with van der Waals surface area (Å²) in [6.07, 6.45) is 9.41. The van der Waals surface area contributed by atoms with Crippen molar-refractivity contribution in [1.29, 1.82) is 0 Å². The molecule has 1 aliphatic carbocycles. The molecule has 0 bridgehead atoms. The predicted octanol–water partition coefficient (Wildman–Crippen LogP) is 3.43. The molecular formula is C14H24ClNO. The van der Waals surface area contributed by atoms with Crippen LogP contribution in [0.3, 0.4) is 0 Å². The van der Waals surface area contributed by atoms with Crippen molar-refractivity contribution < 1.29 is 4.79 Å². The molecule has 2 fully saturated rings. The van der Waals surface area contributed by atoms with Crippen LogP contribution in [0.1, 0.15) is 51.9 Å². The van der Waals surface area contributed by atoms with Crippen molar-refractivity contribution in [3.8, 4) is 0 Å². The molecule has 98 valence electrons. The Morgan fingerprint density at radius 2 is 1.76 bits per heavy atom. The maximum absolute atomic E-state index is 12.0. The molecule has 1 amide bonds. The Morgan fingerprint density at radius 3 is 2.29 bits per heavy atom. The van der Waals surface area contributed by atoms with Crippen LogP contribution in [-0.4, -0.2) is 29.8 Å². The number of nitrogens with zero attached hydrogens (tertiary/aromatic N) is 1. The van der Waals surface area contributed by atoms with Crippen LogP contribution in [0.25, 0.3) is 0 Å². The molecule has 17 heavy (non-hydrogen) atoms. The SMILES string of the molecule is CC(CCl)C(=O)N1CCC2(CCCCC2)CC1. The van der Waals surface area contributed by atoms with E-state index < -0.39 is 0 Å². The molecule has 1 spiro atoms. The van der Waals surface area contributed by atoms with Crippen molar-refractivity contribution in [3.63, 3.8) is 0 Å². The number of rotatable bonds is 2. The van der Waals surface area contributed by atoms with Crippen molar-refractivity contribution in [2.45, 2.75) is 51.9 Å². The fraction of sp³-hybridized carbons (Fsp3) is 0.929. The average Bonchev–Trinajstić information content (AvgIpc) is 2.39. The summed E-state index contributed by atoms with van der Waals surface area (Å²) in [7, 11) is 0. The second-order valence-electron chi connectivity index (χ2n) is 5.94. The van der Waals surface area contributed by atoms with Crippen LogP contribution in [0, 0.1) is 11.3 Å². The number of hydrogen-bond acceptors (Lipinski definition) is 1. The van der Waals surface area contributed by atoms with Gasteiger partial charge in [-0.05, 0) is 31.1 Å². The number of likely N-dealkylation sites (tertiary alicyclic amines) is 1. The Hall–Kier alpha value is -0.240. The minimum absolute atomic E-state index is 0.0166. The molecule has 2 nitrogen and oxygen atoms in total. The van der Waals surface area contributed by atoms with Gasteiger partial charge in [0.05, 0.1) is 0 Å². The van der Waals surface area contributed by atoms with Gasteiger partial charge in [0, 0.05) is 24.9 Å². The minimum atomic E-state index is -0.0166. The van der Waals surface area contributed by atoms with Crippen LogP contribution in [0.2, 0.25) is 0 Å². The summed E-state index contributed by atoms with van der Waals surface area (Å²) in [5.41, 5.74) is 0.583. The number of hydrogen-bond donors (Lipinski definition) is 0. The second-order valence-corrected chi connectivity index (χ2v) is 6.25. The van der Waals surface area contributed by atoms with Gasteiger partial charge in [-0.25, -0.2) is 0 Å². The van der Waals surface area contributed by atoms with Gasteiger partial charge < -0.3 is 4.90 Å².